The Morgan fingerprint density at radius 2 is 1.71 bits per heavy atom. The fourth-order valence-corrected chi connectivity index (χ4v) is 4.44. The fourth-order valence-electron chi connectivity index (χ4n) is 2.06. The summed E-state index contributed by atoms with van der Waals surface area (Å²) >= 11 is 14.2. The van der Waals surface area contributed by atoms with Crippen molar-refractivity contribution in [2.45, 2.75) is 21.4 Å². The lowest BCUT2D eigenvalue weighted by Crippen LogP contribution is -1.90. The van der Waals surface area contributed by atoms with E-state index in [1.807, 2.05) is 0 Å². The molecule has 0 aliphatic heterocycles. The Labute approximate surface area is 115 Å². The van der Waals surface area contributed by atoms with E-state index in [2.05, 4.69) is 49.4 Å². The largest absolute Gasteiger partial charge is 0.134 e. The molecule has 17 heavy (non-hydrogen) atoms. The number of benzene rings is 2. The smallest absolute Gasteiger partial charge is 0.119 e. The summed E-state index contributed by atoms with van der Waals surface area (Å²) in [7, 11) is 0. The van der Waals surface area contributed by atoms with E-state index in [4.69, 9.17) is 23.2 Å². The first kappa shape index (κ1) is 11.7. The van der Waals surface area contributed by atoms with Crippen LogP contribution in [0.25, 0.3) is 10.8 Å². The Morgan fingerprint density at radius 1 is 1.06 bits per heavy atom. The molecule has 1 aliphatic rings. The first-order valence-corrected chi connectivity index (χ1v) is 7.26. The van der Waals surface area contributed by atoms with Gasteiger partial charge in [-0.15, -0.1) is 35.0 Å². The Kier molecular flexibility index (Phi) is 2.81. The summed E-state index contributed by atoms with van der Waals surface area (Å²) in [6.07, 6.45) is 0. The van der Waals surface area contributed by atoms with Gasteiger partial charge in [0, 0.05) is 16.1 Å². The van der Waals surface area contributed by atoms with Crippen LogP contribution in [0, 0.1) is 5.92 Å². The molecule has 2 aromatic carbocycles. The molecule has 2 atom stereocenters. The van der Waals surface area contributed by atoms with Crippen molar-refractivity contribution in [1.29, 1.82) is 0 Å². The first-order chi connectivity index (χ1) is 8.10. The van der Waals surface area contributed by atoms with Crippen LogP contribution in [0.1, 0.15) is 6.92 Å². The zero-order chi connectivity index (χ0) is 12.0. The minimum atomic E-state index is -0.554. The van der Waals surface area contributed by atoms with Crippen molar-refractivity contribution in [2.75, 3.05) is 0 Å². The highest BCUT2D eigenvalue weighted by Gasteiger charge is 2.60. The van der Waals surface area contributed by atoms with E-state index in [9.17, 15) is 0 Å². The number of hydrogen-bond donors (Lipinski definition) is 0. The van der Waals surface area contributed by atoms with Crippen LogP contribution >= 0.6 is 35.0 Å². The number of thioether (sulfide) groups is 1. The molecule has 0 aromatic heterocycles. The maximum absolute atomic E-state index is 6.20. The Bertz CT molecular complexity index is 560. The average Bonchev–Trinajstić information content (AvgIpc) is 2.80. The van der Waals surface area contributed by atoms with Gasteiger partial charge < -0.3 is 0 Å². The second-order valence-corrected chi connectivity index (χ2v) is 7.11. The minimum absolute atomic E-state index is 0.302. The van der Waals surface area contributed by atoms with Crippen LogP contribution in [0.15, 0.2) is 47.4 Å². The van der Waals surface area contributed by atoms with Crippen LogP contribution in [0.2, 0.25) is 0 Å². The van der Waals surface area contributed by atoms with Gasteiger partial charge in [0.25, 0.3) is 0 Å². The molecule has 0 amide bonds. The van der Waals surface area contributed by atoms with Crippen LogP contribution < -0.4 is 0 Å². The van der Waals surface area contributed by atoms with Crippen molar-refractivity contribution in [3.05, 3.63) is 42.5 Å². The third-order valence-corrected chi connectivity index (χ3v) is 6.40. The SMILES string of the molecule is C[C@@H]1[C@H](Sc2cccc3ccccc23)C1(Cl)Cl. The van der Waals surface area contributed by atoms with E-state index in [0.29, 0.717) is 11.2 Å². The van der Waals surface area contributed by atoms with Crippen molar-refractivity contribution < 1.29 is 0 Å². The van der Waals surface area contributed by atoms with E-state index < -0.39 is 4.33 Å². The van der Waals surface area contributed by atoms with Crippen molar-refractivity contribution in [2.24, 2.45) is 5.92 Å². The van der Waals surface area contributed by atoms with Crippen molar-refractivity contribution >= 4 is 45.7 Å². The molecule has 1 aliphatic carbocycles. The summed E-state index contributed by atoms with van der Waals surface area (Å²) < 4.78 is -0.554. The molecule has 3 rings (SSSR count). The lowest BCUT2D eigenvalue weighted by atomic mass is 10.1. The van der Waals surface area contributed by atoms with Gasteiger partial charge in [-0.1, -0.05) is 43.3 Å². The molecule has 1 fully saturated rings. The van der Waals surface area contributed by atoms with Gasteiger partial charge in [-0.05, 0) is 16.8 Å². The normalized spacial score (nSPS) is 26.1. The molecule has 88 valence electrons. The highest BCUT2D eigenvalue weighted by atomic mass is 35.5. The van der Waals surface area contributed by atoms with Crippen LogP contribution in [0.5, 0.6) is 0 Å². The molecular weight excluding hydrogens is 271 g/mol. The van der Waals surface area contributed by atoms with Gasteiger partial charge in [0.15, 0.2) is 0 Å². The number of rotatable bonds is 2. The molecule has 0 N–H and O–H groups in total. The van der Waals surface area contributed by atoms with Gasteiger partial charge in [0.05, 0.1) is 0 Å². The standard InChI is InChI=1S/C14H12Cl2S/c1-9-13(14(9,15)16)17-12-8-4-6-10-5-2-3-7-11(10)12/h2-9,13H,1H3/t9-,13+/m1/s1. The third kappa shape index (κ3) is 1.95. The number of halogens is 2. The Hall–Kier alpha value is -0.370. The molecule has 0 nitrogen and oxygen atoms in total. The van der Waals surface area contributed by atoms with Crippen LogP contribution in [0.3, 0.4) is 0 Å². The van der Waals surface area contributed by atoms with Crippen molar-refractivity contribution in [3.63, 3.8) is 0 Å². The van der Waals surface area contributed by atoms with Crippen molar-refractivity contribution in [1.82, 2.24) is 0 Å². The zero-order valence-electron chi connectivity index (χ0n) is 9.36. The Morgan fingerprint density at radius 3 is 2.41 bits per heavy atom. The molecule has 0 radical (unpaired) electrons. The lowest BCUT2D eigenvalue weighted by Gasteiger charge is -2.05. The van der Waals surface area contributed by atoms with E-state index >= 15 is 0 Å². The summed E-state index contributed by atoms with van der Waals surface area (Å²) in [5.74, 6) is 0.356. The van der Waals surface area contributed by atoms with Gasteiger partial charge in [0.1, 0.15) is 4.33 Å². The quantitative estimate of drug-likeness (QED) is 0.689. The minimum Gasteiger partial charge on any atom is -0.119 e. The van der Waals surface area contributed by atoms with E-state index in [1.165, 1.54) is 15.7 Å². The summed E-state index contributed by atoms with van der Waals surface area (Å²) in [4.78, 5) is 1.27. The molecule has 0 saturated heterocycles. The van der Waals surface area contributed by atoms with Gasteiger partial charge in [-0.2, -0.15) is 0 Å². The highest BCUT2D eigenvalue weighted by Crippen LogP contribution is 2.61. The van der Waals surface area contributed by atoms with Crippen molar-refractivity contribution in [3.8, 4) is 0 Å². The van der Waals surface area contributed by atoms with E-state index in [-0.39, 0.29) is 0 Å². The number of fused-ring (bicyclic) bond motifs is 1. The molecule has 0 unspecified atom stereocenters. The zero-order valence-corrected chi connectivity index (χ0v) is 11.7. The predicted octanol–water partition coefficient (Wildman–Crippen LogP) is 5.12. The predicted molar refractivity (Wildman–Crippen MR) is 77.2 cm³/mol. The molecule has 0 bridgehead atoms. The number of hydrogen-bond acceptors (Lipinski definition) is 1. The summed E-state index contributed by atoms with van der Waals surface area (Å²) in [5, 5.41) is 2.85. The maximum atomic E-state index is 6.20. The van der Waals surface area contributed by atoms with Crippen LogP contribution in [-0.4, -0.2) is 9.58 Å². The molecule has 0 heterocycles. The fraction of sp³-hybridized carbons (Fsp3) is 0.286. The second kappa shape index (κ2) is 4.08. The molecular formula is C14H12Cl2S. The Balaban J connectivity index is 1.97. The number of alkyl halides is 2. The van der Waals surface area contributed by atoms with Gasteiger partial charge in [-0.3, -0.25) is 0 Å². The van der Waals surface area contributed by atoms with Gasteiger partial charge >= 0.3 is 0 Å². The maximum Gasteiger partial charge on any atom is 0.134 e. The average molecular weight is 283 g/mol. The second-order valence-electron chi connectivity index (χ2n) is 4.48. The summed E-state index contributed by atoms with van der Waals surface area (Å²) in [5.41, 5.74) is 0. The molecule has 3 heteroatoms. The van der Waals surface area contributed by atoms with Gasteiger partial charge in [-0.25, -0.2) is 0 Å². The van der Waals surface area contributed by atoms with Crippen LogP contribution in [-0.2, 0) is 0 Å². The molecule has 0 spiro atoms. The monoisotopic (exact) mass is 282 g/mol. The highest BCUT2D eigenvalue weighted by molar-refractivity contribution is 8.00. The van der Waals surface area contributed by atoms with E-state index in [0.717, 1.165) is 0 Å². The lowest BCUT2D eigenvalue weighted by molar-refractivity contribution is 0.966. The third-order valence-electron chi connectivity index (χ3n) is 3.34. The summed E-state index contributed by atoms with van der Waals surface area (Å²) in [6, 6.07) is 14.8. The topological polar surface area (TPSA) is 0 Å². The van der Waals surface area contributed by atoms with Crippen LogP contribution in [0.4, 0.5) is 0 Å². The molecule has 1 saturated carbocycles. The summed E-state index contributed by atoms with van der Waals surface area (Å²) in [6.45, 7) is 2.10. The van der Waals surface area contributed by atoms with E-state index in [1.54, 1.807) is 11.8 Å². The molecule has 2 aromatic rings. The first-order valence-electron chi connectivity index (χ1n) is 5.63. The van der Waals surface area contributed by atoms with Gasteiger partial charge in [0.2, 0.25) is 0 Å².